The van der Waals surface area contributed by atoms with Crippen molar-refractivity contribution in [2.75, 3.05) is 11.9 Å². The van der Waals surface area contributed by atoms with Gasteiger partial charge in [0.2, 0.25) is 0 Å². The molecule has 4 N–H and O–H groups in total. The monoisotopic (exact) mass is 438 g/mol. The zero-order chi connectivity index (χ0) is 23.2. The van der Waals surface area contributed by atoms with E-state index in [4.69, 9.17) is 10.5 Å². The fourth-order valence-corrected chi connectivity index (χ4v) is 3.13. The number of carbonyl (C=O) groups excluding carboxylic acids is 1. The van der Waals surface area contributed by atoms with E-state index >= 15 is 0 Å². The van der Waals surface area contributed by atoms with Crippen molar-refractivity contribution in [2.24, 2.45) is 5.73 Å². The molecule has 0 spiro atoms. The second-order valence-electron chi connectivity index (χ2n) is 7.32. The molecule has 2 aromatic carbocycles. The van der Waals surface area contributed by atoms with Crippen molar-refractivity contribution in [3.8, 4) is 23.3 Å². The first-order valence-electron chi connectivity index (χ1n) is 10.2. The number of fused-ring (bicyclic) bond motifs is 1. The molecule has 2 heterocycles. The van der Waals surface area contributed by atoms with E-state index in [0.717, 1.165) is 39.2 Å². The predicted molar refractivity (Wildman–Crippen MR) is 128 cm³/mol. The average Bonchev–Trinajstić information content (AvgIpc) is 2.80. The highest BCUT2D eigenvalue weighted by molar-refractivity contribution is 5.91. The van der Waals surface area contributed by atoms with Crippen molar-refractivity contribution in [1.82, 2.24) is 20.3 Å². The molecule has 0 fully saturated rings. The molecule has 8 nitrogen and oxygen atoms in total. The predicted octanol–water partition coefficient (Wildman–Crippen LogP) is 4.20. The molecular weight excluding hydrogens is 416 g/mol. The highest BCUT2D eigenvalue weighted by Crippen LogP contribution is 2.29. The Labute approximate surface area is 191 Å². The molecule has 0 aliphatic heterocycles. The number of urea groups is 1. The van der Waals surface area contributed by atoms with Crippen molar-refractivity contribution in [1.29, 1.82) is 0 Å². The smallest absolute Gasteiger partial charge is 0.312 e. The van der Waals surface area contributed by atoms with Gasteiger partial charge in [0.15, 0.2) is 0 Å². The van der Waals surface area contributed by atoms with E-state index in [1.54, 1.807) is 6.20 Å². The zero-order valence-corrected chi connectivity index (χ0v) is 18.2. The Morgan fingerprint density at radius 3 is 2.70 bits per heavy atom. The van der Waals surface area contributed by atoms with E-state index in [-0.39, 0.29) is 6.54 Å². The van der Waals surface area contributed by atoms with Crippen molar-refractivity contribution >= 4 is 28.4 Å². The van der Waals surface area contributed by atoms with Crippen LogP contribution in [0.5, 0.6) is 11.5 Å². The van der Waals surface area contributed by atoms with Gasteiger partial charge in [0, 0.05) is 22.3 Å². The molecule has 33 heavy (non-hydrogen) atoms. The summed E-state index contributed by atoms with van der Waals surface area (Å²) >= 11 is 0. The van der Waals surface area contributed by atoms with Crippen LogP contribution in [0.2, 0.25) is 0 Å². The molecular formula is C25H22N6O2. The number of nitrogens with one attached hydrogen (secondary N) is 2. The molecule has 0 atom stereocenters. The summed E-state index contributed by atoms with van der Waals surface area (Å²) in [4.78, 5) is 23.8. The average molecular weight is 438 g/mol. The van der Waals surface area contributed by atoms with Crippen LogP contribution in [0.1, 0.15) is 16.8 Å². The molecule has 8 heteroatoms. The number of rotatable bonds is 5. The topological polar surface area (TPSA) is 115 Å². The van der Waals surface area contributed by atoms with Gasteiger partial charge in [-0.3, -0.25) is 4.98 Å². The van der Waals surface area contributed by atoms with Gasteiger partial charge in [0.05, 0.1) is 18.3 Å². The first kappa shape index (κ1) is 21.6. The fourth-order valence-electron chi connectivity index (χ4n) is 3.13. The second-order valence-corrected chi connectivity index (χ2v) is 7.32. The fraction of sp³-hybridized carbons (Fsp3) is 0.120. The summed E-state index contributed by atoms with van der Waals surface area (Å²) in [6.45, 7) is 4.09. The lowest BCUT2D eigenvalue weighted by molar-refractivity contribution is 0.250. The third kappa shape index (κ3) is 5.54. The van der Waals surface area contributed by atoms with Crippen LogP contribution in [-0.2, 0) is 0 Å². The van der Waals surface area contributed by atoms with Gasteiger partial charge in [0.25, 0.3) is 0 Å². The van der Waals surface area contributed by atoms with Crippen LogP contribution in [0, 0.1) is 25.7 Å². The maximum absolute atomic E-state index is 10.8. The number of nitrogens with two attached hydrogens (primary N) is 1. The third-order valence-electron chi connectivity index (χ3n) is 4.77. The molecule has 0 aliphatic rings. The van der Waals surface area contributed by atoms with Gasteiger partial charge in [-0.2, -0.15) is 0 Å². The Balaban J connectivity index is 1.55. The summed E-state index contributed by atoms with van der Waals surface area (Å²) < 4.78 is 5.95. The van der Waals surface area contributed by atoms with E-state index in [1.165, 1.54) is 6.33 Å². The highest BCUT2D eigenvalue weighted by Gasteiger charge is 2.08. The third-order valence-corrected chi connectivity index (χ3v) is 4.77. The molecule has 2 amide bonds. The van der Waals surface area contributed by atoms with E-state index in [1.807, 2.05) is 62.4 Å². The highest BCUT2D eigenvalue weighted by atomic mass is 16.5. The number of carbonyl (C=O) groups is 1. The standard InChI is InChI=1S/C25H22N6O2/c1-16-12-19(7-10-23(16)33-20-8-5-17(2)28-14-20)31-24-21-13-18(4-3-11-27-25(26)32)6-9-22(21)29-15-30-24/h5-10,12-15H,11H2,1-2H3,(H3,26,27,32)(H,29,30,31). The van der Waals surface area contributed by atoms with Crippen molar-refractivity contribution in [3.63, 3.8) is 0 Å². The number of aromatic nitrogens is 3. The maximum atomic E-state index is 10.8. The summed E-state index contributed by atoms with van der Waals surface area (Å²) in [5.74, 6) is 7.96. The quantitative estimate of drug-likeness (QED) is 0.402. The van der Waals surface area contributed by atoms with Crippen LogP contribution in [0.25, 0.3) is 10.9 Å². The van der Waals surface area contributed by atoms with Gasteiger partial charge < -0.3 is 21.1 Å². The van der Waals surface area contributed by atoms with Crippen LogP contribution < -0.4 is 21.1 Å². The summed E-state index contributed by atoms with van der Waals surface area (Å²) in [7, 11) is 0. The van der Waals surface area contributed by atoms with Crippen molar-refractivity contribution in [2.45, 2.75) is 13.8 Å². The van der Waals surface area contributed by atoms with Gasteiger partial charge in [-0.1, -0.05) is 11.8 Å². The number of ether oxygens (including phenoxy) is 1. The summed E-state index contributed by atoms with van der Waals surface area (Å²) in [5.41, 5.74) is 9.38. The number of aryl methyl sites for hydroxylation is 2. The van der Waals surface area contributed by atoms with Gasteiger partial charge >= 0.3 is 6.03 Å². The first-order valence-corrected chi connectivity index (χ1v) is 10.2. The van der Waals surface area contributed by atoms with Crippen molar-refractivity contribution < 1.29 is 9.53 Å². The number of benzene rings is 2. The van der Waals surface area contributed by atoms with Crippen LogP contribution in [-0.4, -0.2) is 27.5 Å². The lowest BCUT2D eigenvalue weighted by Crippen LogP contribution is -2.29. The Morgan fingerprint density at radius 2 is 1.94 bits per heavy atom. The number of hydrogen-bond donors (Lipinski definition) is 3. The minimum atomic E-state index is -0.607. The van der Waals surface area contributed by atoms with Crippen LogP contribution in [0.3, 0.4) is 0 Å². The molecule has 4 aromatic rings. The van der Waals surface area contributed by atoms with Crippen LogP contribution in [0.4, 0.5) is 16.3 Å². The molecule has 0 saturated carbocycles. The first-order chi connectivity index (χ1) is 16.0. The number of nitrogens with zero attached hydrogens (tertiary/aromatic N) is 3. The Hall–Kier alpha value is -4.64. The molecule has 0 radical (unpaired) electrons. The Bertz CT molecular complexity index is 1370. The van der Waals surface area contributed by atoms with Crippen LogP contribution >= 0.6 is 0 Å². The second kappa shape index (κ2) is 9.66. The number of pyridine rings is 1. The largest absolute Gasteiger partial charge is 0.455 e. The van der Waals surface area contributed by atoms with Gasteiger partial charge in [-0.15, -0.1) is 0 Å². The molecule has 0 saturated heterocycles. The van der Waals surface area contributed by atoms with Crippen LogP contribution in [0.15, 0.2) is 61.1 Å². The number of primary amides is 1. The molecule has 2 aromatic heterocycles. The minimum Gasteiger partial charge on any atom is -0.455 e. The van der Waals surface area contributed by atoms with E-state index < -0.39 is 6.03 Å². The normalized spacial score (nSPS) is 10.2. The van der Waals surface area contributed by atoms with Gasteiger partial charge in [-0.05, 0) is 67.9 Å². The summed E-state index contributed by atoms with van der Waals surface area (Å²) in [5, 5.41) is 6.62. The molecule has 0 aliphatic carbocycles. The van der Waals surface area contributed by atoms with E-state index in [2.05, 4.69) is 37.4 Å². The summed E-state index contributed by atoms with van der Waals surface area (Å²) in [6, 6.07) is 14.7. The molecule has 164 valence electrons. The summed E-state index contributed by atoms with van der Waals surface area (Å²) in [6.07, 6.45) is 3.22. The number of anilines is 2. The van der Waals surface area contributed by atoms with Gasteiger partial charge in [-0.25, -0.2) is 14.8 Å². The molecule has 0 unspecified atom stereocenters. The van der Waals surface area contributed by atoms with Gasteiger partial charge in [0.1, 0.15) is 23.6 Å². The number of hydrogen-bond acceptors (Lipinski definition) is 6. The Morgan fingerprint density at radius 1 is 1.06 bits per heavy atom. The SMILES string of the molecule is Cc1ccc(Oc2ccc(Nc3ncnc4ccc(C#CCNC(N)=O)cc34)cc2C)cn1. The minimum absolute atomic E-state index is 0.177. The lowest BCUT2D eigenvalue weighted by Gasteiger charge is -2.12. The van der Waals surface area contributed by atoms with E-state index in [0.29, 0.717) is 11.6 Å². The Kier molecular flexibility index (Phi) is 6.32. The zero-order valence-electron chi connectivity index (χ0n) is 18.2. The van der Waals surface area contributed by atoms with E-state index in [9.17, 15) is 4.79 Å². The maximum Gasteiger partial charge on any atom is 0.312 e. The molecule has 4 rings (SSSR count). The number of amides is 2. The molecule has 0 bridgehead atoms. The van der Waals surface area contributed by atoms with Crippen molar-refractivity contribution in [3.05, 3.63) is 77.9 Å². The lowest BCUT2D eigenvalue weighted by atomic mass is 10.1.